The summed E-state index contributed by atoms with van der Waals surface area (Å²) in [4.78, 5) is 21.9. The minimum Gasteiger partial charge on any atom is -0.341 e. The molecule has 0 unspecified atom stereocenters. The highest BCUT2D eigenvalue weighted by molar-refractivity contribution is 5.86. The summed E-state index contributed by atoms with van der Waals surface area (Å²) < 4.78 is 3.80. The van der Waals surface area contributed by atoms with E-state index in [0.29, 0.717) is 12.0 Å². The first-order valence-electron chi connectivity index (χ1n) is 12.2. The number of hydrogen-bond acceptors (Lipinski definition) is 3. The quantitative estimate of drug-likeness (QED) is 0.473. The zero-order valence-corrected chi connectivity index (χ0v) is 19.4. The topological polar surface area (TPSA) is 67.6 Å². The SMILES string of the molecule is Cc1cccc(-c2nc(C3CCNCC3)[nH]c2-c2ccc3c(c2)n(C)c(=O)n3C2CCC2)c1. The van der Waals surface area contributed by atoms with Crippen LogP contribution in [0.2, 0.25) is 0 Å². The van der Waals surface area contributed by atoms with Crippen LogP contribution in [0, 0.1) is 6.92 Å². The predicted octanol–water partition coefficient (Wildman–Crippen LogP) is 4.90. The number of aromatic nitrogens is 4. The summed E-state index contributed by atoms with van der Waals surface area (Å²) in [6, 6.07) is 15.3. The Labute approximate surface area is 193 Å². The normalized spacial score (nSPS) is 17.5. The molecule has 1 saturated carbocycles. The van der Waals surface area contributed by atoms with E-state index in [9.17, 15) is 4.79 Å². The molecule has 2 fully saturated rings. The fourth-order valence-corrected chi connectivity index (χ4v) is 5.41. The average molecular weight is 442 g/mol. The Balaban J connectivity index is 1.51. The van der Waals surface area contributed by atoms with Gasteiger partial charge in [-0.1, -0.05) is 29.8 Å². The lowest BCUT2D eigenvalue weighted by molar-refractivity contribution is 0.312. The molecule has 170 valence electrons. The van der Waals surface area contributed by atoms with Crippen molar-refractivity contribution in [3.8, 4) is 22.5 Å². The number of rotatable bonds is 4. The fourth-order valence-electron chi connectivity index (χ4n) is 5.41. The lowest BCUT2D eigenvalue weighted by atomic mass is 9.93. The molecule has 0 amide bonds. The van der Waals surface area contributed by atoms with Crippen LogP contribution in [0.4, 0.5) is 0 Å². The molecule has 4 aromatic rings. The van der Waals surface area contributed by atoms with Crippen LogP contribution < -0.4 is 11.0 Å². The summed E-state index contributed by atoms with van der Waals surface area (Å²) in [5, 5.41) is 3.45. The standard InChI is InChI=1S/C27H31N5O/c1-17-5-3-6-19(15-17)24-25(30-26(29-24)18-11-13-28-14-12-18)20-9-10-22-23(16-20)31(2)27(33)32(22)21-7-4-8-21/h3,5-6,9-10,15-16,18,21,28H,4,7-8,11-14H2,1-2H3,(H,29,30). The van der Waals surface area contributed by atoms with Gasteiger partial charge in [-0.3, -0.25) is 9.13 Å². The largest absolute Gasteiger partial charge is 0.341 e. The van der Waals surface area contributed by atoms with E-state index in [4.69, 9.17) is 4.98 Å². The predicted molar refractivity (Wildman–Crippen MR) is 133 cm³/mol. The lowest BCUT2D eigenvalue weighted by Gasteiger charge is -2.26. The van der Waals surface area contributed by atoms with E-state index in [2.05, 4.69) is 59.7 Å². The van der Waals surface area contributed by atoms with Crippen molar-refractivity contribution in [1.82, 2.24) is 24.4 Å². The van der Waals surface area contributed by atoms with Gasteiger partial charge in [0, 0.05) is 30.1 Å². The first kappa shape index (κ1) is 20.5. The zero-order valence-electron chi connectivity index (χ0n) is 19.4. The Hall–Kier alpha value is -3.12. The van der Waals surface area contributed by atoms with Crippen molar-refractivity contribution >= 4 is 11.0 Å². The van der Waals surface area contributed by atoms with Gasteiger partial charge in [0.2, 0.25) is 0 Å². The molecule has 1 aliphatic carbocycles. The summed E-state index contributed by atoms with van der Waals surface area (Å²) in [5.74, 6) is 1.51. The molecule has 2 aromatic heterocycles. The summed E-state index contributed by atoms with van der Waals surface area (Å²) >= 11 is 0. The summed E-state index contributed by atoms with van der Waals surface area (Å²) in [7, 11) is 1.89. The molecule has 0 spiro atoms. The highest BCUT2D eigenvalue weighted by Gasteiger charge is 2.26. The molecular formula is C27H31N5O. The van der Waals surface area contributed by atoms with Crippen LogP contribution in [-0.2, 0) is 7.05 Å². The van der Waals surface area contributed by atoms with Crippen LogP contribution >= 0.6 is 0 Å². The van der Waals surface area contributed by atoms with Crippen molar-refractivity contribution in [3.05, 3.63) is 64.3 Å². The fraction of sp³-hybridized carbons (Fsp3) is 0.407. The van der Waals surface area contributed by atoms with Crippen LogP contribution in [0.3, 0.4) is 0 Å². The van der Waals surface area contributed by atoms with Gasteiger partial charge in [-0.05, 0) is 70.3 Å². The summed E-state index contributed by atoms with van der Waals surface area (Å²) in [6.07, 6.45) is 5.59. The number of nitrogens with zero attached hydrogens (tertiary/aromatic N) is 3. The molecule has 2 aromatic carbocycles. The maximum absolute atomic E-state index is 13.0. The molecule has 6 rings (SSSR count). The van der Waals surface area contributed by atoms with Crippen LogP contribution in [0.25, 0.3) is 33.5 Å². The molecule has 3 heterocycles. The minimum absolute atomic E-state index is 0.0887. The van der Waals surface area contributed by atoms with Crippen molar-refractivity contribution < 1.29 is 0 Å². The van der Waals surface area contributed by atoms with Gasteiger partial charge in [0.1, 0.15) is 5.82 Å². The third-order valence-corrected chi connectivity index (χ3v) is 7.56. The Morgan fingerprint density at radius 1 is 0.970 bits per heavy atom. The first-order chi connectivity index (χ1) is 16.1. The van der Waals surface area contributed by atoms with Gasteiger partial charge in [0.25, 0.3) is 0 Å². The molecule has 2 N–H and O–H groups in total. The smallest absolute Gasteiger partial charge is 0.329 e. The van der Waals surface area contributed by atoms with Crippen LogP contribution in [0.5, 0.6) is 0 Å². The van der Waals surface area contributed by atoms with Gasteiger partial charge in [-0.15, -0.1) is 0 Å². The molecule has 0 atom stereocenters. The van der Waals surface area contributed by atoms with Gasteiger partial charge in [0.15, 0.2) is 0 Å². The second-order valence-electron chi connectivity index (χ2n) is 9.74. The Morgan fingerprint density at radius 3 is 2.52 bits per heavy atom. The van der Waals surface area contributed by atoms with Gasteiger partial charge in [-0.2, -0.15) is 0 Å². The van der Waals surface area contributed by atoms with Gasteiger partial charge in [0.05, 0.1) is 22.4 Å². The Kier molecular flexibility index (Phi) is 4.98. The maximum atomic E-state index is 13.0. The zero-order chi connectivity index (χ0) is 22.5. The Morgan fingerprint density at radius 2 is 1.79 bits per heavy atom. The van der Waals surface area contributed by atoms with E-state index in [1.165, 1.54) is 12.0 Å². The summed E-state index contributed by atoms with van der Waals surface area (Å²) in [6.45, 7) is 4.18. The molecule has 0 bridgehead atoms. The number of aryl methyl sites for hydroxylation is 2. The van der Waals surface area contributed by atoms with Crippen molar-refractivity contribution in [2.75, 3.05) is 13.1 Å². The molecule has 0 radical (unpaired) electrons. The molecule has 1 aliphatic heterocycles. The van der Waals surface area contributed by atoms with Crippen LogP contribution in [-0.4, -0.2) is 32.2 Å². The van der Waals surface area contributed by atoms with E-state index < -0.39 is 0 Å². The van der Waals surface area contributed by atoms with E-state index in [1.807, 2.05) is 11.6 Å². The number of fused-ring (bicyclic) bond motifs is 1. The molecule has 2 aliphatic rings. The van der Waals surface area contributed by atoms with Crippen molar-refractivity contribution in [2.24, 2.45) is 7.05 Å². The third-order valence-electron chi connectivity index (χ3n) is 7.56. The number of imidazole rings is 2. The molecule has 6 nitrogen and oxygen atoms in total. The second-order valence-corrected chi connectivity index (χ2v) is 9.74. The molecular weight excluding hydrogens is 410 g/mol. The lowest BCUT2D eigenvalue weighted by Crippen LogP contribution is -2.29. The van der Waals surface area contributed by atoms with Crippen LogP contribution in [0.1, 0.15) is 55.5 Å². The average Bonchev–Trinajstić information content (AvgIpc) is 3.35. The highest BCUT2D eigenvalue weighted by Crippen LogP contribution is 2.37. The number of aromatic amines is 1. The third kappa shape index (κ3) is 3.44. The molecule has 1 saturated heterocycles. The number of piperidine rings is 1. The van der Waals surface area contributed by atoms with Crippen molar-refractivity contribution in [2.45, 2.75) is 51.0 Å². The minimum atomic E-state index is 0.0887. The summed E-state index contributed by atoms with van der Waals surface area (Å²) in [5.41, 5.74) is 7.57. The first-order valence-corrected chi connectivity index (χ1v) is 12.2. The van der Waals surface area contributed by atoms with E-state index in [-0.39, 0.29) is 5.69 Å². The van der Waals surface area contributed by atoms with Gasteiger partial charge in [-0.25, -0.2) is 9.78 Å². The van der Waals surface area contributed by atoms with Crippen LogP contribution in [0.15, 0.2) is 47.3 Å². The van der Waals surface area contributed by atoms with Crippen molar-refractivity contribution in [3.63, 3.8) is 0 Å². The molecule has 6 heteroatoms. The Bertz CT molecular complexity index is 1380. The van der Waals surface area contributed by atoms with Crippen molar-refractivity contribution in [1.29, 1.82) is 0 Å². The molecule has 33 heavy (non-hydrogen) atoms. The number of nitrogens with one attached hydrogen (secondary N) is 2. The van der Waals surface area contributed by atoms with E-state index in [1.54, 1.807) is 4.57 Å². The van der Waals surface area contributed by atoms with E-state index in [0.717, 1.165) is 78.1 Å². The monoisotopic (exact) mass is 441 g/mol. The maximum Gasteiger partial charge on any atom is 0.329 e. The van der Waals surface area contributed by atoms with E-state index >= 15 is 0 Å². The van der Waals surface area contributed by atoms with Gasteiger partial charge >= 0.3 is 5.69 Å². The second kappa shape index (κ2) is 8.03. The van der Waals surface area contributed by atoms with Gasteiger partial charge < -0.3 is 10.3 Å². The number of hydrogen-bond donors (Lipinski definition) is 2. The number of H-pyrrole nitrogens is 1. The highest BCUT2D eigenvalue weighted by atomic mass is 16.1. The number of benzene rings is 2.